The molecule has 7 heteroatoms. The molecule has 3 aliphatic heterocycles. The fourth-order valence-corrected chi connectivity index (χ4v) is 3.73. The van der Waals surface area contributed by atoms with Crippen LogP contribution >= 0.6 is 0 Å². The number of hydrogen-bond acceptors (Lipinski definition) is 5. The van der Waals surface area contributed by atoms with Gasteiger partial charge in [-0.3, -0.25) is 4.90 Å². The van der Waals surface area contributed by atoms with Crippen molar-refractivity contribution in [3.8, 4) is 11.5 Å². The van der Waals surface area contributed by atoms with E-state index in [2.05, 4.69) is 21.2 Å². The van der Waals surface area contributed by atoms with Crippen molar-refractivity contribution in [2.24, 2.45) is 0 Å². The number of urea groups is 1. The first-order chi connectivity index (χ1) is 12.3. The lowest BCUT2D eigenvalue weighted by Crippen LogP contribution is -2.47. The molecule has 3 heterocycles. The van der Waals surface area contributed by atoms with Crippen LogP contribution < -0.4 is 19.7 Å². The first-order valence-electron chi connectivity index (χ1n) is 9.20. The second-order valence-electron chi connectivity index (χ2n) is 6.70. The van der Waals surface area contributed by atoms with Gasteiger partial charge in [-0.25, -0.2) is 4.79 Å². The fraction of sp³-hybridized carbons (Fsp3) is 0.611. The predicted molar refractivity (Wildman–Crippen MR) is 95.7 cm³/mol. The zero-order valence-electron chi connectivity index (χ0n) is 14.6. The Labute approximate surface area is 148 Å². The number of nitrogens with zero attached hydrogens (tertiary/aromatic N) is 3. The van der Waals surface area contributed by atoms with Gasteiger partial charge in [0.2, 0.25) is 0 Å². The molecule has 0 saturated carbocycles. The molecule has 1 aromatic rings. The van der Waals surface area contributed by atoms with Gasteiger partial charge in [-0.2, -0.15) is 0 Å². The van der Waals surface area contributed by atoms with Crippen molar-refractivity contribution in [2.45, 2.75) is 6.42 Å². The monoisotopic (exact) mass is 346 g/mol. The third kappa shape index (κ3) is 3.61. The van der Waals surface area contributed by atoms with Crippen molar-refractivity contribution < 1.29 is 14.3 Å². The Morgan fingerprint density at radius 3 is 2.64 bits per heavy atom. The molecule has 3 aliphatic rings. The molecule has 0 radical (unpaired) electrons. The summed E-state index contributed by atoms with van der Waals surface area (Å²) in [5.41, 5.74) is 1.14. The number of nitrogens with one attached hydrogen (secondary N) is 1. The lowest BCUT2D eigenvalue weighted by atomic mass is 10.2. The number of benzene rings is 1. The quantitative estimate of drug-likeness (QED) is 0.862. The maximum absolute atomic E-state index is 11.5. The zero-order chi connectivity index (χ0) is 17.1. The number of carbonyl (C=O) groups is 1. The SMILES string of the molecule is O=C1NCCN1CCCN1CCN(c2cccc3c2OCCO3)CC1. The number of piperazine rings is 1. The molecule has 25 heavy (non-hydrogen) atoms. The molecule has 7 nitrogen and oxygen atoms in total. The van der Waals surface area contributed by atoms with E-state index in [9.17, 15) is 4.79 Å². The van der Waals surface area contributed by atoms with Gasteiger partial charge in [-0.15, -0.1) is 0 Å². The maximum atomic E-state index is 11.5. The second-order valence-corrected chi connectivity index (χ2v) is 6.70. The molecule has 0 aromatic heterocycles. The van der Waals surface area contributed by atoms with Gasteiger partial charge in [-0.1, -0.05) is 6.07 Å². The minimum Gasteiger partial charge on any atom is -0.486 e. The Morgan fingerprint density at radius 2 is 1.84 bits per heavy atom. The smallest absolute Gasteiger partial charge is 0.317 e. The Hall–Kier alpha value is -2.15. The van der Waals surface area contributed by atoms with Crippen LogP contribution in [0.15, 0.2) is 18.2 Å². The van der Waals surface area contributed by atoms with Crippen LogP contribution in [0.1, 0.15) is 6.42 Å². The van der Waals surface area contributed by atoms with E-state index in [4.69, 9.17) is 9.47 Å². The average molecular weight is 346 g/mol. The molecule has 2 amide bonds. The van der Waals surface area contributed by atoms with Crippen molar-refractivity contribution in [1.82, 2.24) is 15.1 Å². The third-order valence-electron chi connectivity index (χ3n) is 5.11. The number of amides is 2. The minimum absolute atomic E-state index is 0.0842. The Balaban J connectivity index is 1.26. The number of fused-ring (bicyclic) bond motifs is 1. The molecule has 4 rings (SSSR count). The van der Waals surface area contributed by atoms with Crippen molar-refractivity contribution in [1.29, 1.82) is 0 Å². The van der Waals surface area contributed by atoms with E-state index in [1.807, 2.05) is 17.0 Å². The van der Waals surface area contributed by atoms with E-state index in [0.29, 0.717) is 13.2 Å². The molecule has 2 saturated heterocycles. The van der Waals surface area contributed by atoms with Gasteiger partial charge in [0.05, 0.1) is 5.69 Å². The highest BCUT2D eigenvalue weighted by Crippen LogP contribution is 2.39. The molecule has 1 aromatic carbocycles. The molecular formula is C18H26N4O3. The summed E-state index contributed by atoms with van der Waals surface area (Å²) in [5, 5.41) is 2.85. The van der Waals surface area contributed by atoms with Crippen LogP contribution in [-0.2, 0) is 0 Å². The van der Waals surface area contributed by atoms with E-state index in [-0.39, 0.29) is 6.03 Å². The summed E-state index contributed by atoms with van der Waals surface area (Å²) in [5.74, 6) is 1.75. The van der Waals surface area contributed by atoms with E-state index < -0.39 is 0 Å². The van der Waals surface area contributed by atoms with Gasteiger partial charge >= 0.3 is 6.03 Å². The number of ether oxygens (including phenoxy) is 2. The van der Waals surface area contributed by atoms with Crippen molar-refractivity contribution in [3.05, 3.63) is 18.2 Å². The molecule has 0 unspecified atom stereocenters. The standard InChI is InChI=1S/C18H26N4O3/c23-18-19-5-8-22(18)7-2-6-20-9-11-21(12-10-20)15-3-1-4-16-17(15)25-14-13-24-16/h1,3-4H,2,5-14H2,(H,19,23). The molecule has 0 atom stereocenters. The number of anilines is 1. The summed E-state index contributed by atoms with van der Waals surface area (Å²) in [6.07, 6.45) is 1.03. The highest BCUT2D eigenvalue weighted by molar-refractivity contribution is 5.76. The first kappa shape index (κ1) is 16.3. The molecule has 136 valence electrons. The van der Waals surface area contributed by atoms with E-state index in [0.717, 1.165) is 76.0 Å². The van der Waals surface area contributed by atoms with Gasteiger partial charge in [0.25, 0.3) is 0 Å². The fourth-order valence-electron chi connectivity index (χ4n) is 3.73. The normalized spacial score (nSPS) is 20.7. The summed E-state index contributed by atoms with van der Waals surface area (Å²) in [6.45, 7) is 8.82. The summed E-state index contributed by atoms with van der Waals surface area (Å²) in [6, 6.07) is 6.22. The summed E-state index contributed by atoms with van der Waals surface area (Å²) in [4.78, 5) is 18.3. The molecular weight excluding hydrogens is 320 g/mol. The van der Waals surface area contributed by atoms with Crippen LogP contribution in [0.2, 0.25) is 0 Å². The largest absolute Gasteiger partial charge is 0.486 e. The van der Waals surface area contributed by atoms with Crippen LogP contribution in [0.5, 0.6) is 11.5 Å². The van der Waals surface area contributed by atoms with Crippen LogP contribution in [0, 0.1) is 0 Å². The van der Waals surface area contributed by atoms with Gasteiger partial charge in [0, 0.05) is 45.8 Å². The summed E-state index contributed by atoms with van der Waals surface area (Å²) >= 11 is 0. The van der Waals surface area contributed by atoms with Crippen molar-refractivity contribution >= 4 is 11.7 Å². The topological polar surface area (TPSA) is 57.3 Å². The number of para-hydroxylation sites is 1. The van der Waals surface area contributed by atoms with E-state index in [1.54, 1.807) is 0 Å². The Bertz CT molecular complexity index is 616. The predicted octanol–water partition coefficient (Wildman–Crippen LogP) is 0.995. The Morgan fingerprint density at radius 1 is 1.00 bits per heavy atom. The van der Waals surface area contributed by atoms with Crippen molar-refractivity contribution in [2.75, 3.05) is 70.5 Å². The minimum atomic E-state index is 0.0842. The lowest BCUT2D eigenvalue weighted by molar-refractivity contribution is 0.171. The molecule has 2 fully saturated rings. The van der Waals surface area contributed by atoms with Crippen LogP contribution in [0.3, 0.4) is 0 Å². The second kappa shape index (κ2) is 7.39. The third-order valence-corrected chi connectivity index (χ3v) is 5.11. The zero-order valence-corrected chi connectivity index (χ0v) is 14.6. The van der Waals surface area contributed by atoms with Gasteiger partial charge < -0.3 is 24.6 Å². The van der Waals surface area contributed by atoms with Gasteiger partial charge in [0.1, 0.15) is 13.2 Å². The van der Waals surface area contributed by atoms with Crippen molar-refractivity contribution in [3.63, 3.8) is 0 Å². The molecule has 0 spiro atoms. The average Bonchev–Trinajstić information content (AvgIpc) is 3.07. The molecule has 0 aliphatic carbocycles. The highest BCUT2D eigenvalue weighted by Gasteiger charge is 2.24. The number of carbonyl (C=O) groups excluding carboxylic acids is 1. The highest BCUT2D eigenvalue weighted by atomic mass is 16.6. The number of rotatable bonds is 5. The van der Waals surface area contributed by atoms with E-state index >= 15 is 0 Å². The first-order valence-corrected chi connectivity index (χ1v) is 9.20. The molecule has 1 N–H and O–H groups in total. The van der Waals surface area contributed by atoms with Gasteiger partial charge in [0.15, 0.2) is 11.5 Å². The van der Waals surface area contributed by atoms with Crippen LogP contribution in [-0.4, -0.2) is 81.4 Å². The Kier molecular flexibility index (Phi) is 4.83. The summed E-state index contributed by atoms with van der Waals surface area (Å²) < 4.78 is 11.5. The number of hydrogen-bond donors (Lipinski definition) is 1. The molecule has 0 bridgehead atoms. The summed E-state index contributed by atoms with van der Waals surface area (Å²) in [7, 11) is 0. The maximum Gasteiger partial charge on any atom is 0.317 e. The van der Waals surface area contributed by atoms with Crippen LogP contribution in [0.25, 0.3) is 0 Å². The van der Waals surface area contributed by atoms with E-state index in [1.165, 1.54) is 0 Å². The van der Waals surface area contributed by atoms with Crippen LogP contribution in [0.4, 0.5) is 10.5 Å². The van der Waals surface area contributed by atoms with Gasteiger partial charge in [-0.05, 0) is 25.1 Å². The lowest BCUT2D eigenvalue weighted by Gasteiger charge is -2.37.